The lowest BCUT2D eigenvalue weighted by atomic mass is 9.84. The Morgan fingerprint density at radius 2 is 0.895 bits per heavy atom. The number of esters is 2. The van der Waals surface area contributed by atoms with Crippen molar-refractivity contribution in [3.8, 4) is 0 Å². The molecule has 2 aromatic rings. The number of unbranched alkanes of at least 4 members (excludes halogenated alkanes) is 5. The first-order chi connectivity index (χ1) is 18.6. The van der Waals surface area contributed by atoms with Gasteiger partial charge in [-0.05, 0) is 24.0 Å². The fraction of sp³-hybridized carbons (Fsp3) is 0.562. The summed E-state index contributed by atoms with van der Waals surface area (Å²) in [7, 11) is 0. The second kappa shape index (κ2) is 14.5. The number of benzene rings is 2. The second-order valence-electron chi connectivity index (χ2n) is 11.0. The molecule has 2 fully saturated rings. The van der Waals surface area contributed by atoms with E-state index < -0.39 is 11.2 Å². The van der Waals surface area contributed by atoms with Gasteiger partial charge in [-0.15, -0.1) is 0 Å². The Bertz CT molecular complexity index is 902. The van der Waals surface area contributed by atoms with Crippen molar-refractivity contribution in [2.75, 3.05) is 26.2 Å². The molecular formula is C32H46N2O4+2. The van der Waals surface area contributed by atoms with Crippen LogP contribution in [0.2, 0.25) is 0 Å². The number of piperidine rings is 2. The SMILES string of the molecule is O=C(CCCCCCCCC(=O)OC1(c2ccccc2)CC[NH2+]CC1)OC1(c2ccccc2)CC[NH2+]CC1. The zero-order chi connectivity index (χ0) is 26.5. The number of rotatable bonds is 13. The van der Waals surface area contributed by atoms with Gasteiger partial charge in [-0.1, -0.05) is 86.3 Å². The van der Waals surface area contributed by atoms with Crippen LogP contribution < -0.4 is 10.6 Å². The number of quaternary nitrogens is 2. The third kappa shape index (κ3) is 7.90. The van der Waals surface area contributed by atoms with Crippen LogP contribution >= 0.6 is 0 Å². The fourth-order valence-electron chi connectivity index (χ4n) is 6.05. The maximum Gasteiger partial charge on any atom is 0.306 e. The predicted octanol–water partition coefficient (Wildman–Crippen LogP) is 3.70. The van der Waals surface area contributed by atoms with Crippen molar-refractivity contribution in [3.63, 3.8) is 0 Å². The summed E-state index contributed by atoms with van der Waals surface area (Å²) in [5.41, 5.74) is 1.32. The van der Waals surface area contributed by atoms with Crippen LogP contribution in [0.4, 0.5) is 0 Å². The van der Waals surface area contributed by atoms with Crippen molar-refractivity contribution in [3.05, 3.63) is 71.8 Å². The van der Waals surface area contributed by atoms with Crippen LogP contribution in [-0.4, -0.2) is 38.1 Å². The van der Waals surface area contributed by atoms with Crippen molar-refractivity contribution in [1.82, 2.24) is 0 Å². The first-order valence-electron chi connectivity index (χ1n) is 14.8. The Morgan fingerprint density at radius 1 is 0.553 bits per heavy atom. The van der Waals surface area contributed by atoms with E-state index in [4.69, 9.17) is 9.47 Å². The lowest BCUT2D eigenvalue weighted by Crippen LogP contribution is -2.87. The van der Waals surface area contributed by atoms with Gasteiger partial charge < -0.3 is 20.1 Å². The third-order valence-corrected chi connectivity index (χ3v) is 8.24. The molecule has 0 aromatic heterocycles. The summed E-state index contributed by atoms with van der Waals surface area (Å²) in [5.74, 6) is -0.155. The highest BCUT2D eigenvalue weighted by Gasteiger charge is 2.40. The highest BCUT2D eigenvalue weighted by Crippen LogP contribution is 2.35. The molecule has 38 heavy (non-hydrogen) atoms. The van der Waals surface area contributed by atoms with E-state index in [0.29, 0.717) is 12.8 Å². The van der Waals surface area contributed by atoms with Gasteiger partial charge in [-0.25, -0.2) is 0 Å². The Balaban J connectivity index is 1.10. The van der Waals surface area contributed by atoms with E-state index in [9.17, 15) is 9.59 Å². The molecule has 4 N–H and O–H groups in total. The van der Waals surface area contributed by atoms with Gasteiger partial charge in [0.1, 0.15) is 11.2 Å². The summed E-state index contributed by atoms with van der Waals surface area (Å²) in [4.78, 5) is 25.4. The molecule has 0 unspecified atom stereocenters. The Kier molecular flexibility index (Phi) is 10.8. The molecule has 206 valence electrons. The minimum atomic E-state index is -0.462. The summed E-state index contributed by atoms with van der Waals surface area (Å²) in [6.45, 7) is 3.95. The molecule has 4 rings (SSSR count). The van der Waals surface area contributed by atoms with Crippen molar-refractivity contribution in [1.29, 1.82) is 0 Å². The third-order valence-electron chi connectivity index (χ3n) is 8.24. The highest BCUT2D eigenvalue weighted by molar-refractivity contribution is 5.70. The first kappa shape index (κ1) is 28.3. The van der Waals surface area contributed by atoms with Gasteiger partial charge in [0.25, 0.3) is 0 Å². The lowest BCUT2D eigenvalue weighted by molar-refractivity contribution is -0.669. The largest absolute Gasteiger partial charge is 0.454 e. The van der Waals surface area contributed by atoms with Gasteiger partial charge >= 0.3 is 11.9 Å². The molecule has 0 spiro atoms. The van der Waals surface area contributed by atoms with Crippen LogP contribution in [0.5, 0.6) is 0 Å². The molecule has 6 heteroatoms. The molecule has 2 aliphatic heterocycles. The van der Waals surface area contributed by atoms with Crippen LogP contribution in [0.3, 0.4) is 0 Å². The molecule has 0 amide bonds. The van der Waals surface area contributed by atoms with Gasteiger partial charge in [-0.2, -0.15) is 0 Å². The summed E-state index contributed by atoms with van der Waals surface area (Å²) >= 11 is 0. The molecular weight excluding hydrogens is 476 g/mol. The molecule has 2 heterocycles. The van der Waals surface area contributed by atoms with Gasteiger partial charge in [0.15, 0.2) is 0 Å². The molecule has 2 aromatic carbocycles. The average molecular weight is 523 g/mol. The monoisotopic (exact) mass is 522 g/mol. The van der Waals surface area contributed by atoms with E-state index in [1.807, 2.05) is 36.4 Å². The van der Waals surface area contributed by atoms with Crippen LogP contribution in [0.15, 0.2) is 60.7 Å². The zero-order valence-corrected chi connectivity index (χ0v) is 22.9. The summed E-state index contributed by atoms with van der Waals surface area (Å²) in [5, 5.41) is 4.59. The molecule has 0 saturated carbocycles. The van der Waals surface area contributed by atoms with E-state index in [0.717, 1.165) is 102 Å². The Morgan fingerprint density at radius 3 is 1.26 bits per heavy atom. The first-order valence-corrected chi connectivity index (χ1v) is 14.8. The standard InChI is InChI=1S/C32H44N2O4/c35-29(37-31(19-23-33-24-20-31)27-13-7-5-8-14-27)17-11-3-1-2-4-12-18-30(36)38-32(21-25-34-26-22-32)28-15-9-6-10-16-28/h5-10,13-16,33-34H,1-4,11-12,17-26H2/p+2. The number of nitrogens with two attached hydrogens (primary N) is 2. The Labute approximate surface area is 227 Å². The molecule has 2 aliphatic rings. The van der Waals surface area contributed by atoms with Crippen molar-refractivity contribution >= 4 is 11.9 Å². The fourth-order valence-corrected chi connectivity index (χ4v) is 6.05. The topological polar surface area (TPSA) is 85.8 Å². The van der Waals surface area contributed by atoms with Crippen LogP contribution in [-0.2, 0) is 30.3 Å². The second-order valence-corrected chi connectivity index (χ2v) is 11.0. The normalized spacial score (nSPS) is 18.4. The predicted molar refractivity (Wildman–Crippen MR) is 147 cm³/mol. The Hall–Kier alpha value is -2.70. The zero-order valence-electron chi connectivity index (χ0n) is 22.9. The van der Waals surface area contributed by atoms with Crippen molar-refractivity contribution in [2.24, 2.45) is 0 Å². The summed E-state index contributed by atoms with van der Waals surface area (Å²) in [6.07, 6.45) is 10.3. The number of carbonyl (C=O) groups excluding carboxylic acids is 2. The van der Waals surface area contributed by atoms with Gasteiger partial charge in [-0.3, -0.25) is 9.59 Å². The minimum absolute atomic E-state index is 0.0776. The quantitative estimate of drug-likeness (QED) is 0.310. The number of carbonyl (C=O) groups is 2. The molecule has 0 atom stereocenters. The molecule has 6 nitrogen and oxygen atoms in total. The van der Waals surface area contributed by atoms with Crippen LogP contribution in [0, 0.1) is 0 Å². The molecule has 0 aliphatic carbocycles. The smallest absolute Gasteiger partial charge is 0.306 e. The van der Waals surface area contributed by atoms with Gasteiger partial charge in [0.2, 0.25) is 0 Å². The van der Waals surface area contributed by atoms with Crippen molar-refractivity contribution in [2.45, 2.75) is 88.3 Å². The number of hydrogen-bond acceptors (Lipinski definition) is 4. The lowest BCUT2D eigenvalue weighted by Gasteiger charge is -2.36. The van der Waals surface area contributed by atoms with E-state index in [2.05, 4.69) is 34.9 Å². The van der Waals surface area contributed by atoms with E-state index in [-0.39, 0.29) is 11.9 Å². The summed E-state index contributed by atoms with van der Waals surface area (Å²) < 4.78 is 12.3. The molecule has 0 bridgehead atoms. The number of hydrogen-bond donors (Lipinski definition) is 2. The highest BCUT2D eigenvalue weighted by atomic mass is 16.6. The molecule has 0 radical (unpaired) electrons. The van der Waals surface area contributed by atoms with Crippen LogP contribution in [0.1, 0.15) is 88.2 Å². The van der Waals surface area contributed by atoms with Crippen LogP contribution in [0.25, 0.3) is 0 Å². The van der Waals surface area contributed by atoms with Crippen molar-refractivity contribution < 1.29 is 29.7 Å². The minimum Gasteiger partial charge on any atom is -0.454 e. The number of ether oxygens (including phenoxy) is 2. The maximum atomic E-state index is 12.7. The van der Waals surface area contributed by atoms with Gasteiger partial charge in [0, 0.05) is 38.5 Å². The maximum absolute atomic E-state index is 12.7. The van der Waals surface area contributed by atoms with E-state index in [1.54, 1.807) is 0 Å². The molecule has 2 saturated heterocycles. The van der Waals surface area contributed by atoms with Gasteiger partial charge in [0.05, 0.1) is 26.2 Å². The summed E-state index contributed by atoms with van der Waals surface area (Å²) in [6, 6.07) is 20.5. The van der Waals surface area contributed by atoms with E-state index in [1.165, 1.54) is 0 Å². The average Bonchev–Trinajstić information content (AvgIpc) is 2.96. The van der Waals surface area contributed by atoms with E-state index >= 15 is 0 Å².